The van der Waals surface area contributed by atoms with Gasteiger partial charge in [0.05, 0.1) is 10.7 Å². The molecule has 3 aromatic rings. The highest BCUT2D eigenvalue weighted by atomic mass is 35.5. The van der Waals surface area contributed by atoms with Crippen molar-refractivity contribution in [2.24, 2.45) is 0 Å². The van der Waals surface area contributed by atoms with Crippen LogP contribution in [0.15, 0.2) is 71.7 Å². The molecule has 0 saturated heterocycles. The molecule has 0 bridgehead atoms. The normalized spacial score (nSPS) is 10.4. The van der Waals surface area contributed by atoms with Crippen molar-refractivity contribution in [3.05, 3.63) is 98.9 Å². The Bertz CT molecular complexity index is 998. The van der Waals surface area contributed by atoms with E-state index in [1.165, 1.54) is 12.3 Å². The highest BCUT2D eigenvalue weighted by molar-refractivity contribution is 6.33. The van der Waals surface area contributed by atoms with Crippen LogP contribution in [-0.2, 0) is 6.61 Å². The molecule has 1 N–H and O–H groups in total. The van der Waals surface area contributed by atoms with E-state index in [2.05, 4.69) is 5.32 Å². The highest BCUT2D eigenvalue weighted by Gasteiger charge is 2.14. The Morgan fingerprint density at radius 1 is 1.12 bits per heavy atom. The number of hydrogen-bond acceptors (Lipinski definition) is 3. The summed E-state index contributed by atoms with van der Waals surface area (Å²) in [5.74, 6) is -0.545. The average Bonchev–Trinajstić information content (AvgIpc) is 2.63. The molecule has 0 atom stereocenters. The van der Waals surface area contributed by atoms with Crippen molar-refractivity contribution < 1.29 is 9.63 Å². The molecule has 1 aromatic heterocycles. The molecule has 26 heavy (non-hydrogen) atoms. The van der Waals surface area contributed by atoms with Gasteiger partial charge in [-0.3, -0.25) is 9.59 Å². The Kier molecular flexibility index (Phi) is 5.39. The molecule has 0 aliphatic carbocycles. The molecular formula is C20H17ClN2O3. The van der Waals surface area contributed by atoms with Crippen LogP contribution in [0.4, 0.5) is 5.69 Å². The molecule has 3 rings (SSSR count). The second kappa shape index (κ2) is 7.89. The molecule has 5 nitrogen and oxygen atoms in total. The minimum atomic E-state index is -0.545. The molecule has 0 aliphatic heterocycles. The van der Waals surface area contributed by atoms with Crippen molar-refractivity contribution in [2.75, 3.05) is 5.32 Å². The highest BCUT2D eigenvalue weighted by Crippen LogP contribution is 2.20. The van der Waals surface area contributed by atoms with Gasteiger partial charge in [0.15, 0.2) is 0 Å². The van der Waals surface area contributed by atoms with E-state index in [1.54, 1.807) is 30.3 Å². The van der Waals surface area contributed by atoms with E-state index >= 15 is 0 Å². The summed E-state index contributed by atoms with van der Waals surface area (Å²) in [6, 6.07) is 17.6. The number of halogens is 1. The number of nitrogens with one attached hydrogen (secondary N) is 1. The zero-order valence-corrected chi connectivity index (χ0v) is 14.9. The number of rotatable bonds is 5. The summed E-state index contributed by atoms with van der Waals surface area (Å²) in [7, 11) is 0. The number of benzene rings is 2. The number of nitrogens with zero attached hydrogens (tertiary/aromatic N) is 1. The lowest BCUT2D eigenvalue weighted by atomic mass is 10.1. The lowest BCUT2D eigenvalue weighted by Gasteiger charge is -2.11. The van der Waals surface area contributed by atoms with Gasteiger partial charge in [-0.05, 0) is 36.8 Å². The minimum absolute atomic E-state index is 0.0309. The Morgan fingerprint density at radius 3 is 2.69 bits per heavy atom. The van der Waals surface area contributed by atoms with Gasteiger partial charge in [-0.25, -0.2) is 0 Å². The van der Waals surface area contributed by atoms with Gasteiger partial charge < -0.3 is 10.2 Å². The molecule has 1 amide bonds. The molecular weight excluding hydrogens is 352 g/mol. The Hall–Kier alpha value is -3.05. The topological polar surface area (TPSA) is 60.3 Å². The lowest BCUT2D eigenvalue weighted by molar-refractivity contribution is 0.0863. The standard InChI is InChI=1S/C20H17ClN2O3/c1-14-6-4-7-15(12-14)13-26-23-11-5-8-16(20(23)25)19(24)22-18-10-3-2-9-17(18)21/h2-12H,13H2,1H3,(H,22,24). The second-order valence-electron chi connectivity index (χ2n) is 5.75. The predicted octanol–water partition coefficient (Wildman–Crippen LogP) is 3.69. The summed E-state index contributed by atoms with van der Waals surface area (Å²) in [6.07, 6.45) is 1.48. The third-order valence-electron chi connectivity index (χ3n) is 3.73. The lowest BCUT2D eigenvalue weighted by Crippen LogP contribution is -2.32. The van der Waals surface area contributed by atoms with E-state index in [9.17, 15) is 9.59 Å². The second-order valence-corrected chi connectivity index (χ2v) is 6.16. The third-order valence-corrected chi connectivity index (χ3v) is 4.06. The van der Waals surface area contributed by atoms with Gasteiger partial charge in [0.1, 0.15) is 12.2 Å². The zero-order chi connectivity index (χ0) is 18.5. The predicted molar refractivity (Wildman–Crippen MR) is 102 cm³/mol. The quantitative estimate of drug-likeness (QED) is 0.747. The number of aromatic nitrogens is 1. The zero-order valence-electron chi connectivity index (χ0n) is 14.1. The first-order valence-electron chi connectivity index (χ1n) is 8.01. The molecule has 6 heteroatoms. The molecule has 132 valence electrons. The SMILES string of the molecule is Cc1cccc(COn2cccc(C(=O)Nc3ccccc3Cl)c2=O)c1. The van der Waals surface area contributed by atoms with Crippen LogP contribution in [0.2, 0.25) is 5.02 Å². The van der Waals surface area contributed by atoms with E-state index in [1.807, 2.05) is 31.2 Å². The summed E-state index contributed by atoms with van der Waals surface area (Å²) in [6.45, 7) is 2.20. The van der Waals surface area contributed by atoms with Crippen molar-refractivity contribution in [1.82, 2.24) is 4.73 Å². The molecule has 2 aromatic carbocycles. The molecule has 0 fully saturated rings. The number of carbonyl (C=O) groups is 1. The summed E-state index contributed by atoms with van der Waals surface area (Å²) in [5, 5.41) is 3.03. The van der Waals surface area contributed by atoms with Crippen molar-refractivity contribution in [1.29, 1.82) is 0 Å². The third kappa shape index (κ3) is 4.13. The molecule has 0 spiro atoms. The fourth-order valence-electron chi connectivity index (χ4n) is 2.45. The van der Waals surface area contributed by atoms with Crippen LogP contribution in [0.25, 0.3) is 0 Å². The Balaban J connectivity index is 1.77. The average molecular weight is 369 g/mol. The maximum atomic E-state index is 12.5. The summed E-state index contributed by atoms with van der Waals surface area (Å²) in [4.78, 5) is 30.5. The van der Waals surface area contributed by atoms with Gasteiger partial charge in [-0.2, -0.15) is 4.73 Å². The summed E-state index contributed by atoms with van der Waals surface area (Å²) in [5.41, 5.74) is 1.91. The van der Waals surface area contributed by atoms with Crippen molar-refractivity contribution in [3.63, 3.8) is 0 Å². The maximum absolute atomic E-state index is 12.5. The smallest absolute Gasteiger partial charge is 0.295 e. The number of para-hydroxylation sites is 1. The maximum Gasteiger partial charge on any atom is 0.295 e. The van der Waals surface area contributed by atoms with Gasteiger partial charge in [-0.1, -0.05) is 53.6 Å². The number of carbonyl (C=O) groups excluding carboxylic acids is 1. The van der Waals surface area contributed by atoms with E-state index in [-0.39, 0.29) is 12.2 Å². The Labute approximate surface area is 155 Å². The van der Waals surface area contributed by atoms with Crippen LogP contribution in [0.5, 0.6) is 0 Å². The largest absolute Gasteiger partial charge is 0.406 e. The molecule has 1 heterocycles. The first-order chi connectivity index (χ1) is 12.5. The number of anilines is 1. The van der Waals surface area contributed by atoms with Crippen LogP contribution in [0.1, 0.15) is 21.5 Å². The molecule has 0 aliphatic rings. The van der Waals surface area contributed by atoms with Crippen molar-refractivity contribution >= 4 is 23.2 Å². The minimum Gasteiger partial charge on any atom is -0.406 e. The van der Waals surface area contributed by atoms with Gasteiger partial charge in [0.2, 0.25) is 0 Å². The number of aryl methyl sites for hydroxylation is 1. The fraction of sp³-hybridized carbons (Fsp3) is 0.100. The fourth-order valence-corrected chi connectivity index (χ4v) is 2.63. The number of pyridine rings is 1. The summed E-state index contributed by atoms with van der Waals surface area (Å²) >= 11 is 6.03. The molecule has 0 unspecified atom stereocenters. The first-order valence-corrected chi connectivity index (χ1v) is 8.39. The van der Waals surface area contributed by atoms with Crippen LogP contribution in [-0.4, -0.2) is 10.6 Å². The van der Waals surface area contributed by atoms with Gasteiger partial charge in [0, 0.05) is 6.20 Å². The van der Waals surface area contributed by atoms with Crippen LogP contribution >= 0.6 is 11.6 Å². The molecule has 0 radical (unpaired) electrons. The number of amides is 1. The van der Waals surface area contributed by atoms with Gasteiger partial charge in [-0.15, -0.1) is 0 Å². The van der Waals surface area contributed by atoms with E-state index < -0.39 is 11.5 Å². The van der Waals surface area contributed by atoms with Gasteiger partial charge in [0.25, 0.3) is 11.5 Å². The first kappa shape index (κ1) is 17.8. The van der Waals surface area contributed by atoms with Crippen LogP contribution < -0.4 is 15.7 Å². The van der Waals surface area contributed by atoms with Crippen LogP contribution in [0.3, 0.4) is 0 Å². The van der Waals surface area contributed by atoms with Gasteiger partial charge >= 0.3 is 0 Å². The van der Waals surface area contributed by atoms with Crippen molar-refractivity contribution in [3.8, 4) is 0 Å². The Morgan fingerprint density at radius 2 is 1.92 bits per heavy atom. The monoisotopic (exact) mass is 368 g/mol. The van der Waals surface area contributed by atoms with Crippen molar-refractivity contribution in [2.45, 2.75) is 13.5 Å². The van der Waals surface area contributed by atoms with E-state index in [4.69, 9.17) is 16.4 Å². The summed E-state index contributed by atoms with van der Waals surface area (Å²) < 4.78 is 1.06. The molecule has 0 saturated carbocycles. The number of hydrogen-bond donors (Lipinski definition) is 1. The van der Waals surface area contributed by atoms with E-state index in [0.29, 0.717) is 10.7 Å². The van der Waals surface area contributed by atoms with E-state index in [0.717, 1.165) is 15.9 Å². The van der Waals surface area contributed by atoms with Crippen LogP contribution in [0, 0.1) is 6.92 Å².